The summed E-state index contributed by atoms with van der Waals surface area (Å²) in [4.78, 5) is 4.38. The van der Waals surface area contributed by atoms with Crippen molar-refractivity contribution in [2.45, 2.75) is 25.4 Å². The van der Waals surface area contributed by atoms with Crippen LogP contribution in [0.25, 0.3) is 0 Å². The quantitative estimate of drug-likeness (QED) is 0.823. The minimum absolute atomic E-state index is 0.620. The summed E-state index contributed by atoms with van der Waals surface area (Å²) in [5, 5.41) is 10.9. The molecule has 0 saturated carbocycles. The molecule has 2 heterocycles. The van der Waals surface area contributed by atoms with Crippen LogP contribution in [0.1, 0.15) is 22.5 Å². The van der Waals surface area contributed by atoms with Crippen LogP contribution in [0.15, 0.2) is 9.80 Å². The van der Waals surface area contributed by atoms with E-state index < -0.39 is 0 Å². The standard InChI is InChI=1S/C9H11N3OS2/c1-6-11-12-9(13-6)5-14-3-8-4-15-7(2)10-8/h4H,3,5H2,1-2H3. The second-order valence-corrected chi connectivity index (χ2v) is 5.11. The molecular formula is C9H11N3OS2. The molecule has 0 atom stereocenters. The first-order chi connectivity index (χ1) is 7.24. The molecule has 2 rings (SSSR count). The molecule has 0 aliphatic rings. The number of hydrogen-bond acceptors (Lipinski definition) is 6. The van der Waals surface area contributed by atoms with E-state index >= 15 is 0 Å². The van der Waals surface area contributed by atoms with Crippen molar-refractivity contribution in [3.05, 3.63) is 27.9 Å². The summed E-state index contributed by atoms with van der Waals surface area (Å²) in [5.41, 5.74) is 1.12. The van der Waals surface area contributed by atoms with Gasteiger partial charge in [-0.1, -0.05) is 0 Å². The van der Waals surface area contributed by atoms with Gasteiger partial charge < -0.3 is 4.42 Å². The summed E-state index contributed by atoms with van der Waals surface area (Å²) >= 11 is 3.41. The summed E-state index contributed by atoms with van der Waals surface area (Å²) in [6.45, 7) is 3.81. The van der Waals surface area contributed by atoms with Crippen LogP contribution in [0.4, 0.5) is 0 Å². The minimum atomic E-state index is 0.620. The van der Waals surface area contributed by atoms with Gasteiger partial charge in [-0.15, -0.1) is 33.3 Å². The number of aromatic nitrogens is 3. The molecule has 0 aliphatic carbocycles. The van der Waals surface area contributed by atoms with Crippen molar-refractivity contribution >= 4 is 23.1 Å². The maximum atomic E-state index is 5.27. The van der Waals surface area contributed by atoms with E-state index in [-0.39, 0.29) is 0 Å². The van der Waals surface area contributed by atoms with Gasteiger partial charge in [-0.05, 0) is 6.92 Å². The predicted molar refractivity (Wildman–Crippen MR) is 60.9 cm³/mol. The van der Waals surface area contributed by atoms with Crippen LogP contribution in [0.3, 0.4) is 0 Å². The van der Waals surface area contributed by atoms with E-state index in [1.807, 2.05) is 6.92 Å². The molecule has 0 aliphatic heterocycles. The van der Waals surface area contributed by atoms with Gasteiger partial charge in [0.2, 0.25) is 11.8 Å². The minimum Gasteiger partial charge on any atom is -0.425 e. The van der Waals surface area contributed by atoms with Gasteiger partial charge in [0.25, 0.3) is 0 Å². The lowest BCUT2D eigenvalue weighted by Crippen LogP contribution is -1.84. The second-order valence-electron chi connectivity index (χ2n) is 3.07. The first kappa shape index (κ1) is 10.6. The molecule has 0 amide bonds. The molecule has 6 heteroatoms. The Labute approximate surface area is 96.1 Å². The van der Waals surface area contributed by atoms with Crippen LogP contribution in [0, 0.1) is 13.8 Å². The number of hydrogen-bond donors (Lipinski definition) is 0. The van der Waals surface area contributed by atoms with Crippen LogP contribution in [0.5, 0.6) is 0 Å². The molecule has 80 valence electrons. The highest BCUT2D eigenvalue weighted by Crippen LogP contribution is 2.18. The topological polar surface area (TPSA) is 51.8 Å². The fourth-order valence-electron chi connectivity index (χ4n) is 1.11. The third-order valence-corrected chi connectivity index (χ3v) is 3.48. The van der Waals surface area contributed by atoms with Gasteiger partial charge in [0.1, 0.15) is 0 Å². The molecular weight excluding hydrogens is 230 g/mol. The summed E-state index contributed by atoms with van der Waals surface area (Å²) < 4.78 is 5.27. The third kappa shape index (κ3) is 3.04. The van der Waals surface area contributed by atoms with Crippen LogP contribution < -0.4 is 0 Å². The van der Waals surface area contributed by atoms with Crippen LogP contribution in [-0.2, 0) is 11.5 Å². The Kier molecular flexibility index (Phi) is 3.37. The van der Waals surface area contributed by atoms with E-state index in [9.17, 15) is 0 Å². The zero-order valence-corrected chi connectivity index (χ0v) is 10.2. The molecule has 15 heavy (non-hydrogen) atoms. The van der Waals surface area contributed by atoms with Crippen molar-refractivity contribution < 1.29 is 4.42 Å². The molecule has 0 bridgehead atoms. The number of thiazole rings is 1. The number of nitrogens with zero attached hydrogens (tertiary/aromatic N) is 3. The maximum absolute atomic E-state index is 5.27. The van der Waals surface area contributed by atoms with Gasteiger partial charge in [-0.3, -0.25) is 0 Å². The average molecular weight is 241 g/mol. The van der Waals surface area contributed by atoms with Gasteiger partial charge in [0, 0.05) is 18.1 Å². The van der Waals surface area contributed by atoms with Gasteiger partial charge in [0.05, 0.1) is 16.5 Å². The van der Waals surface area contributed by atoms with Gasteiger partial charge >= 0.3 is 0 Å². The Morgan fingerprint density at radius 1 is 1.33 bits per heavy atom. The number of rotatable bonds is 4. The molecule has 0 aromatic carbocycles. The highest BCUT2D eigenvalue weighted by molar-refractivity contribution is 7.97. The van der Waals surface area contributed by atoms with E-state index in [4.69, 9.17) is 4.42 Å². The van der Waals surface area contributed by atoms with Crippen molar-refractivity contribution in [1.82, 2.24) is 15.2 Å². The monoisotopic (exact) mass is 241 g/mol. The van der Waals surface area contributed by atoms with Crippen molar-refractivity contribution in [3.8, 4) is 0 Å². The van der Waals surface area contributed by atoms with E-state index in [0.29, 0.717) is 11.8 Å². The molecule has 0 N–H and O–H groups in total. The summed E-state index contributed by atoms with van der Waals surface area (Å²) in [6.07, 6.45) is 0. The molecule has 0 unspecified atom stereocenters. The molecule has 2 aromatic heterocycles. The summed E-state index contributed by atoms with van der Waals surface area (Å²) in [5.74, 6) is 2.95. The largest absolute Gasteiger partial charge is 0.425 e. The number of aryl methyl sites for hydroxylation is 2. The highest BCUT2D eigenvalue weighted by atomic mass is 32.2. The first-order valence-corrected chi connectivity index (χ1v) is 6.55. The first-order valence-electron chi connectivity index (χ1n) is 4.52. The zero-order chi connectivity index (χ0) is 10.7. The molecule has 0 radical (unpaired) electrons. The normalized spacial score (nSPS) is 10.8. The molecule has 0 fully saturated rings. The molecule has 2 aromatic rings. The Bertz CT molecular complexity index is 398. The van der Waals surface area contributed by atoms with Crippen molar-refractivity contribution in [2.75, 3.05) is 0 Å². The van der Waals surface area contributed by atoms with Crippen LogP contribution >= 0.6 is 23.1 Å². The third-order valence-electron chi connectivity index (χ3n) is 1.71. The Morgan fingerprint density at radius 3 is 2.80 bits per heavy atom. The molecule has 4 nitrogen and oxygen atoms in total. The Balaban J connectivity index is 1.80. The smallest absolute Gasteiger partial charge is 0.226 e. The fourth-order valence-corrected chi connectivity index (χ4v) is 2.58. The van der Waals surface area contributed by atoms with Crippen molar-refractivity contribution in [3.63, 3.8) is 0 Å². The lowest BCUT2D eigenvalue weighted by molar-refractivity contribution is 0.485. The van der Waals surface area contributed by atoms with Gasteiger partial charge in [0.15, 0.2) is 0 Å². The summed E-state index contributed by atoms with van der Waals surface area (Å²) in [6, 6.07) is 0. The fraction of sp³-hybridized carbons (Fsp3) is 0.444. The Hall–Kier alpha value is -0.880. The van der Waals surface area contributed by atoms with Crippen molar-refractivity contribution in [2.24, 2.45) is 0 Å². The van der Waals surface area contributed by atoms with Gasteiger partial charge in [-0.2, -0.15) is 0 Å². The predicted octanol–water partition coefficient (Wildman–Crippen LogP) is 2.58. The highest BCUT2D eigenvalue weighted by Gasteiger charge is 2.03. The lowest BCUT2D eigenvalue weighted by Gasteiger charge is -1.93. The van der Waals surface area contributed by atoms with Crippen LogP contribution in [-0.4, -0.2) is 15.2 Å². The lowest BCUT2D eigenvalue weighted by atomic mass is 10.6. The molecule has 0 saturated heterocycles. The Morgan fingerprint density at radius 2 is 2.20 bits per heavy atom. The SMILES string of the molecule is Cc1nnc(CSCc2csc(C)n2)o1. The van der Waals surface area contributed by atoms with E-state index in [1.165, 1.54) is 0 Å². The maximum Gasteiger partial charge on any atom is 0.226 e. The average Bonchev–Trinajstić information content (AvgIpc) is 2.76. The van der Waals surface area contributed by atoms with Crippen LogP contribution in [0.2, 0.25) is 0 Å². The zero-order valence-electron chi connectivity index (χ0n) is 8.56. The number of thioether (sulfide) groups is 1. The van der Waals surface area contributed by atoms with Crippen molar-refractivity contribution in [1.29, 1.82) is 0 Å². The second kappa shape index (κ2) is 4.76. The van der Waals surface area contributed by atoms with E-state index in [2.05, 4.69) is 20.6 Å². The molecule has 0 spiro atoms. The van der Waals surface area contributed by atoms with E-state index in [1.54, 1.807) is 30.0 Å². The van der Waals surface area contributed by atoms with E-state index in [0.717, 1.165) is 22.2 Å². The van der Waals surface area contributed by atoms with Gasteiger partial charge in [-0.25, -0.2) is 4.98 Å². The summed E-state index contributed by atoms with van der Waals surface area (Å²) in [7, 11) is 0.